The van der Waals surface area contributed by atoms with Crippen molar-refractivity contribution >= 4 is 11.7 Å². The molecule has 1 aromatic heterocycles. The van der Waals surface area contributed by atoms with E-state index in [0.29, 0.717) is 23.6 Å². The van der Waals surface area contributed by atoms with Gasteiger partial charge >= 0.3 is 0 Å². The Hall–Kier alpha value is -2.54. The van der Waals surface area contributed by atoms with E-state index < -0.39 is 5.82 Å². The van der Waals surface area contributed by atoms with Crippen molar-refractivity contribution in [3.05, 3.63) is 42.0 Å². The van der Waals surface area contributed by atoms with Gasteiger partial charge in [-0.3, -0.25) is 0 Å². The Morgan fingerprint density at radius 2 is 2.13 bits per heavy atom. The van der Waals surface area contributed by atoms with Crippen LogP contribution in [0.1, 0.15) is 12.0 Å². The van der Waals surface area contributed by atoms with Gasteiger partial charge in [0.15, 0.2) is 0 Å². The number of rotatable bonds is 4. The molecule has 1 N–H and O–H groups in total. The van der Waals surface area contributed by atoms with E-state index >= 15 is 0 Å². The zero-order valence-corrected chi connectivity index (χ0v) is 12.7. The molecule has 0 unspecified atom stereocenters. The third kappa shape index (κ3) is 3.14. The van der Waals surface area contributed by atoms with Crippen molar-refractivity contribution in [2.45, 2.75) is 13.0 Å². The van der Waals surface area contributed by atoms with Gasteiger partial charge in [-0.15, -0.1) is 0 Å². The van der Waals surface area contributed by atoms with Gasteiger partial charge in [-0.05, 0) is 0 Å². The summed E-state index contributed by atoms with van der Waals surface area (Å²) in [4.78, 5) is 15.4. The normalized spacial score (nSPS) is 16.1. The number of aromatic nitrogens is 2. The van der Waals surface area contributed by atoms with E-state index in [2.05, 4.69) is 15.1 Å². The van der Waals surface area contributed by atoms with Gasteiger partial charge in [0.25, 0.3) is 0 Å². The van der Waals surface area contributed by atoms with Crippen LogP contribution in [-0.2, 0) is 11.4 Å². The number of hydrogen-bond acceptors (Lipinski definition) is 6. The van der Waals surface area contributed by atoms with Crippen molar-refractivity contribution in [3.8, 4) is 11.1 Å². The Morgan fingerprint density at radius 1 is 1.35 bits per heavy atom. The molecule has 1 saturated heterocycles. The van der Waals surface area contributed by atoms with Crippen LogP contribution in [0.15, 0.2) is 35.7 Å². The minimum Gasteiger partial charge on any atom is -0.399 e. The SMILES string of the molecule is CON=C1CCN(c2ncc(-c3cccc(CO)c3F)cn2)C1. The van der Waals surface area contributed by atoms with Crippen molar-refractivity contribution in [2.75, 3.05) is 25.1 Å². The van der Waals surface area contributed by atoms with E-state index in [1.54, 1.807) is 30.6 Å². The topological polar surface area (TPSA) is 70.8 Å². The van der Waals surface area contributed by atoms with Gasteiger partial charge < -0.3 is 14.8 Å². The van der Waals surface area contributed by atoms with Crippen molar-refractivity contribution in [1.29, 1.82) is 0 Å². The van der Waals surface area contributed by atoms with Gasteiger partial charge in [0.1, 0.15) is 12.9 Å². The van der Waals surface area contributed by atoms with Crippen molar-refractivity contribution in [1.82, 2.24) is 9.97 Å². The summed E-state index contributed by atoms with van der Waals surface area (Å²) >= 11 is 0. The number of hydrogen-bond donors (Lipinski definition) is 1. The average Bonchev–Trinajstić information content (AvgIpc) is 3.04. The quantitative estimate of drug-likeness (QED) is 0.874. The van der Waals surface area contributed by atoms with Crippen LogP contribution >= 0.6 is 0 Å². The first-order valence-electron chi connectivity index (χ1n) is 7.27. The van der Waals surface area contributed by atoms with Crippen molar-refractivity contribution in [2.24, 2.45) is 5.16 Å². The van der Waals surface area contributed by atoms with Crippen LogP contribution in [0.25, 0.3) is 11.1 Å². The van der Waals surface area contributed by atoms with E-state index in [1.807, 2.05) is 4.90 Å². The third-order valence-corrected chi connectivity index (χ3v) is 3.75. The summed E-state index contributed by atoms with van der Waals surface area (Å²) in [6, 6.07) is 4.90. The second kappa shape index (κ2) is 6.70. The molecule has 0 saturated carbocycles. The van der Waals surface area contributed by atoms with Crippen LogP contribution < -0.4 is 4.90 Å². The summed E-state index contributed by atoms with van der Waals surface area (Å²) in [6.07, 6.45) is 3.99. The van der Waals surface area contributed by atoms with E-state index in [0.717, 1.165) is 18.7 Å². The monoisotopic (exact) mass is 316 g/mol. The predicted molar refractivity (Wildman–Crippen MR) is 84.6 cm³/mol. The smallest absolute Gasteiger partial charge is 0.225 e. The van der Waals surface area contributed by atoms with Gasteiger partial charge in [0, 0.05) is 42.0 Å². The van der Waals surface area contributed by atoms with Crippen LogP contribution in [0.3, 0.4) is 0 Å². The molecule has 2 heterocycles. The molecule has 0 radical (unpaired) electrons. The first-order chi connectivity index (χ1) is 11.2. The lowest BCUT2D eigenvalue weighted by Gasteiger charge is -2.14. The van der Waals surface area contributed by atoms with Gasteiger partial charge in [0.2, 0.25) is 5.95 Å². The third-order valence-electron chi connectivity index (χ3n) is 3.75. The molecule has 6 nitrogen and oxygen atoms in total. The summed E-state index contributed by atoms with van der Waals surface area (Å²) in [5.74, 6) is 0.135. The second-order valence-corrected chi connectivity index (χ2v) is 5.22. The fraction of sp³-hybridized carbons (Fsp3) is 0.312. The van der Waals surface area contributed by atoms with E-state index in [4.69, 9.17) is 9.94 Å². The van der Waals surface area contributed by atoms with E-state index in [9.17, 15) is 4.39 Å². The molecule has 0 atom stereocenters. The number of aliphatic hydroxyl groups excluding tert-OH is 1. The summed E-state index contributed by atoms with van der Waals surface area (Å²) in [6.45, 7) is 1.06. The van der Waals surface area contributed by atoms with Crippen LogP contribution in [-0.4, -0.2) is 41.0 Å². The summed E-state index contributed by atoms with van der Waals surface area (Å²) < 4.78 is 14.2. The molecule has 1 aliphatic rings. The molecular formula is C16H17FN4O2. The van der Waals surface area contributed by atoms with Gasteiger partial charge in [-0.25, -0.2) is 14.4 Å². The molecular weight excluding hydrogens is 299 g/mol. The maximum Gasteiger partial charge on any atom is 0.225 e. The van der Waals surface area contributed by atoms with E-state index in [-0.39, 0.29) is 12.2 Å². The van der Waals surface area contributed by atoms with E-state index in [1.165, 1.54) is 7.11 Å². The molecule has 1 aliphatic heterocycles. The Kier molecular flexibility index (Phi) is 4.47. The first kappa shape index (κ1) is 15.4. The van der Waals surface area contributed by atoms with Crippen molar-refractivity contribution < 1.29 is 14.3 Å². The van der Waals surface area contributed by atoms with Crippen LogP contribution in [0, 0.1) is 5.82 Å². The summed E-state index contributed by atoms with van der Waals surface area (Å²) in [5.41, 5.74) is 2.16. The molecule has 0 amide bonds. The molecule has 0 aliphatic carbocycles. The maximum absolute atomic E-state index is 14.2. The number of nitrogens with zero attached hydrogens (tertiary/aromatic N) is 4. The number of aliphatic hydroxyl groups is 1. The Labute approximate surface area is 133 Å². The van der Waals surface area contributed by atoms with Crippen molar-refractivity contribution in [3.63, 3.8) is 0 Å². The van der Waals surface area contributed by atoms with Crippen LogP contribution in [0.2, 0.25) is 0 Å². The van der Waals surface area contributed by atoms with Gasteiger partial charge in [-0.1, -0.05) is 23.4 Å². The Bertz CT molecular complexity index is 719. The number of oxime groups is 1. The number of benzene rings is 1. The van der Waals surface area contributed by atoms with Gasteiger partial charge in [0.05, 0.1) is 18.9 Å². The predicted octanol–water partition coefficient (Wildman–Crippen LogP) is 1.99. The lowest BCUT2D eigenvalue weighted by molar-refractivity contribution is 0.212. The minimum absolute atomic E-state index is 0.256. The molecule has 0 spiro atoms. The highest BCUT2D eigenvalue weighted by atomic mass is 19.1. The first-order valence-corrected chi connectivity index (χ1v) is 7.27. The fourth-order valence-electron chi connectivity index (χ4n) is 2.57. The lowest BCUT2D eigenvalue weighted by Crippen LogP contribution is -2.22. The Balaban J connectivity index is 1.82. The standard InChI is InChI=1S/C16H17FN4O2/c1-23-20-13-5-6-21(9-13)16-18-7-12(8-19-16)14-4-2-3-11(10-22)15(14)17/h2-4,7-8,22H,5-6,9-10H2,1H3. The van der Waals surface area contributed by atoms with Crippen LogP contribution in [0.5, 0.6) is 0 Å². The molecule has 120 valence electrons. The molecule has 7 heteroatoms. The maximum atomic E-state index is 14.2. The largest absolute Gasteiger partial charge is 0.399 e. The zero-order valence-electron chi connectivity index (χ0n) is 12.7. The number of anilines is 1. The highest BCUT2D eigenvalue weighted by molar-refractivity contribution is 5.91. The zero-order chi connectivity index (χ0) is 16.2. The molecule has 0 bridgehead atoms. The van der Waals surface area contributed by atoms with Gasteiger partial charge in [-0.2, -0.15) is 0 Å². The summed E-state index contributed by atoms with van der Waals surface area (Å²) in [5, 5.41) is 13.1. The molecule has 2 aromatic rings. The average molecular weight is 316 g/mol. The molecule has 1 aromatic carbocycles. The highest BCUT2D eigenvalue weighted by Crippen LogP contribution is 2.25. The fourth-order valence-corrected chi connectivity index (χ4v) is 2.57. The second-order valence-electron chi connectivity index (χ2n) is 5.22. The Morgan fingerprint density at radius 3 is 2.83 bits per heavy atom. The van der Waals surface area contributed by atoms with Crippen LogP contribution in [0.4, 0.5) is 10.3 Å². The molecule has 3 rings (SSSR count). The molecule has 23 heavy (non-hydrogen) atoms. The number of halogens is 1. The summed E-state index contributed by atoms with van der Waals surface area (Å²) in [7, 11) is 1.52. The minimum atomic E-state index is -0.443. The highest BCUT2D eigenvalue weighted by Gasteiger charge is 2.21. The molecule has 1 fully saturated rings. The lowest BCUT2D eigenvalue weighted by atomic mass is 10.1.